The summed E-state index contributed by atoms with van der Waals surface area (Å²) in [6.07, 6.45) is 2.40. The number of rotatable bonds is 0. The Morgan fingerprint density at radius 1 is 1.07 bits per heavy atom. The third-order valence-corrected chi connectivity index (χ3v) is 5.00. The molecular formula is C11H16O4. The molecule has 2 heterocycles. The lowest BCUT2D eigenvalue weighted by Crippen LogP contribution is -2.77. The van der Waals surface area contributed by atoms with Crippen LogP contribution in [0.4, 0.5) is 0 Å². The highest BCUT2D eigenvalue weighted by atomic mass is 16.6. The summed E-state index contributed by atoms with van der Waals surface area (Å²) in [6, 6.07) is 0. The van der Waals surface area contributed by atoms with Crippen molar-refractivity contribution < 1.29 is 20.1 Å². The molecule has 6 fully saturated rings. The second-order valence-electron chi connectivity index (χ2n) is 6.24. The molecule has 6 unspecified atom stereocenters. The van der Waals surface area contributed by atoms with E-state index >= 15 is 0 Å². The average molecular weight is 212 g/mol. The maximum Gasteiger partial charge on any atom is 0.161 e. The van der Waals surface area contributed by atoms with Gasteiger partial charge in [0, 0.05) is 25.2 Å². The molecule has 0 aromatic heterocycles. The predicted octanol–water partition coefficient (Wildman–Crippen LogP) is -0.240. The van der Waals surface area contributed by atoms with Crippen LogP contribution in [-0.4, -0.2) is 38.4 Å². The maximum atomic E-state index is 10.5. The van der Waals surface area contributed by atoms with Gasteiger partial charge in [-0.2, -0.15) is 0 Å². The smallest absolute Gasteiger partial charge is 0.161 e. The topological polar surface area (TPSA) is 69.9 Å². The highest BCUT2D eigenvalue weighted by Gasteiger charge is 2.72. The molecule has 6 aliphatic rings. The first-order valence-corrected chi connectivity index (χ1v) is 5.75. The molecule has 4 nitrogen and oxygen atoms in total. The van der Waals surface area contributed by atoms with Crippen LogP contribution in [0.1, 0.15) is 32.1 Å². The average Bonchev–Trinajstić information content (AvgIpc) is 1.92. The summed E-state index contributed by atoms with van der Waals surface area (Å²) in [5.74, 6) is 0.0555. The highest BCUT2D eigenvalue weighted by molar-refractivity contribution is 5.22. The summed E-state index contributed by atoms with van der Waals surface area (Å²) >= 11 is 0. The fourth-order valence-corrected chi connectivity index (χ4v) is 5.13. The van der Waals surface area contributed by atoms with Gasteiger partial charge in [-0.05, 0) is 18.8 Å². The van der Waals surface area contributed by atoms with Gasteiger partial charge in [0.1, 0.15) is 0 Å². The summed E-state index contributed by atoms with van der Waals surface area (Å²) in [6.45, 7) is 0. The van der Waals surface area contributed by atoms with Crippen LogP contribution in [0.15, 0.2) is 0 Å². The quantitative estimate of drug-likeness (QED) is 0.518. The van der Waals surface area contributed by atoms with Crippen LogP contribution in [-0.2, 0) is 4.74 Å². The Hall–Kier alpha value is -0.160. The van der Waals surface area contributed by atoms with Gasteiger partial charge in [0.15, 0.2) is 6.29 Å². The summed E-state index contributed by atoms with van der Waals surface area (Å²) in [5.41, 5.74) is -2.07. The van der Waals surface area contributed by atoms with Crippen molar-refractivity contribution in [2.75, 3.05) is 0 Å². The monoisotopic (exact) mass is 212 g/mol. The van der Waals surface area contributed by atoms with E-state index in [1.165, 1.54) is 0 Å². The zero-order valence-electron chi connectivity index (χ0n) is 8.52. The normalized spacial score (nSPS) is 70.2. The minimum Gasteiger partial charge on any atom is -0.390 e. The van der Waals surface area contributed by atoms with Gasteiger partial charge in [-0.15, -0.1) is 0 Å². The molecule has 0 amide bonds. The molecule has 15 heavy (non-hydrogen) atoms. The van der Waals surface area contributed by atoms with E-state index in [2.05, 4.69) is 0 Å². The van der Waals surface area contributed by atoms with Crippen LogP contribution in [0.3, 0.4) is 0 Å². The molecule has 4 aliphatic carbocycles. The van der Waals surface area contributed by atoms with Crippen molar-refractivity contribution in [1.82, 2.24) is 0 Å². The lowest BCUT2D eigenvalue weighted by atomic mass is 9.44. The van der Waals surface area contributed by atoms with Crippen molar-refractivity contribution >= 4 is 0 Å². The van der Waals surface area contributed by atoms with Crippen LogP contribution in [0.25, 0.3) is 0 Å². The Labute approximate surface area is 87.9 Å². The molecule has 2 aliphatic heterocycles. The summed E-state index contributed by atoms with van der Waals surface area (Å²) in [7, 11) is 0. The van der Waals surface area contributed by atoms with Crippen LogP contribution in [0.2, 0.25) is 0 Å². The molecule has 84 valence electrons. The molecule has 5 bridgehead atoms. The van der Waals surface area contributed by atoms with E-state index in [1.807, 2.05) is 0 Å². The summed E-state index contributed by atoms with van der Waals surface area (Å²) in [5, 5.41) is 30.8. The molecule has 1 spiro atoms. The molecule has 3 N–H and O–H groups in total. The van der Waals surface area contributed by atoms with E-state index in [-0.39, 0.29) is 11.8 Å². The minimum atomic E-state index is -0.883. The Morgan fingerprint density at radius 3 is 2.53 bits per heavy atom. The first kappa shape index (κ1) is 8.93. The molecule has 6 rings (SSSR count). The van der Waals surface area contributed by atoms with Gasteiger partial charge in [-0.3, -0.25) is 0 Å². The Morgan fingerprint density at radius 2 is 1.87 bits per heavy atom. The Kier molecular flexibility index (Phi) is 1.26. The third kappa shape index (κ3) is 0.884. The number of aliphatic hydroxyl groups is 3. The van der Waals surface area contributed by atoms with Gasteiger partial charge in [0.25, 0.3) is 0 Å². The van der Waals surface area contributed by atoms with Crippen LogP contribution >= 0.6 is 0 Å². The molecule has 4 heteroatoms. The third-order valence-electron chi connectivity index (χ3n) is 5.00. The fourth-order valence-electron chi connectivity index (χ4n) is 5.13. The first-order valence-electron chi connectivity index (χ1n) is 5.75. The van der Waals surface area contributed by atoms with E-state index < -0.39 is 23.1 Å². The largest absolute Gasteiger partial charge is 0.390 e. The van der Waals surface area contributed by atoms with Crippen molar-refractivity contribution in [3.8, 4) is 0 Å². The molecule has 2 saturated heterocycles. The molecular weight excluding hydrogens is 196 g/mol. The SMILES string of the molecule is OC1OC23CC4CC(O)(C2)CC(O)(C3)C41. The number of fused-ring (bicyclic) bond motifs is 1. The molecule has 0 aromatic rings. The van der Waals surface area contributed by atoms with Crippen molar-refractivity contribution in [3.63, 3.8) is 0 Å². The second-order valence-corrected chi connectivity index (χ2v) is 6.24. The minimum absolute atomic E-state index is 0.181. The van der Waals surface area contributed by atoms with Crippen molar-refractivity contribution in [2.45, 2.75) is 55.2 Å². The van der Waals surface area contributed by atoms with Crippen LogP contribution < -0.4 is 0 Å². The predicted molar refractivity (Wildman–Crippen MR) is 49.8 cm³/mol. The number of hydrogen-bond donors (Lipinski definition) is 3. The summed E-state index contributed by atoms with van der Waals surface area (Å²) in [4.78, 5) is 0. The van der Waals surface area contributed by atoms with Gasteiger partial charge in [-0.1, -0.05) is 0 Å². The van der Waals surface area contributed by atoms with Crippen molar-refractivity contribution in [2.24, 2.45) is 11.8 Å². The van der Waals surface area contributed by atoms with Crippen molar-refractivity contribution in [1.29, 1.82) is 0 Å². The van der Waals surface area contributed by atoms with Gasteiger partial charge >= 0.3 is 0 Å². The van der Waals surface area contributed by atoms with Gasteiger partial charge in [-0.25, -0.2) is 0 Å². The van der Waals surface area contributed by atoms with Crippen LogP contribution in [0, 0.1) is 11.8 Å². The number of ether oxygens (including phenoxy) is 1. The van der Waals surface area contributed by atoms with E-state index in [4.69, 9.17) is 4.74 Å². The lowest BCUT2D eigenvalue weighted by molar-refractivity contribution is -0.401. The molecule has 0 aromatic carbocycles. The lowest BCUT2D eigenvalue weighted by Gasteiger charge is -2.70. The zero-order chi connectivity index (χ0) is 10.5. The van der Waals surface area contributed by atoms with Gasteiger partial charge < -0.3 is 20.1 Å². The standard InChI is InChI=1S/C11H16O4/c12-8-7-6-1-9(13)3-10(2-6,15-8)5-11(7,14)4-9/h6-8,12-14H,1-5H2. The number of hydrogen-bond acceptors (Lipinski definition) is 4. The molecule has 4 saturated carbocycles. The summed E-state index contributed by atoms with van der Waals surface area (Å²) < 4.78 is 5.61. The Balaban J connectivity index is 1.89. The first-order chi connectivity index (χ1) is 6.94. The van der Waals surface area contributed by atoms with E-state index in [9.17, 15) is 15.3 Å². The van der Waals surface area contributed by atoms with E-state index in [1.54, 1.807) is 0 Å². The molecule has 6 atom stereocenters. The van der Waals surface area contributed by atoms with Gasteiger partial charge in [0.05, 0.1) is 16.8 Å². The Bertz CT molecular complexity index is 323. The zero-order valence-corrected chi connectivity index (χ0v) is 8.52. The highest BCUT2D eigenvalue weighted by Crippen LogP contribution is 2.67. The maximum absolute atomic E-state index is 10.5. The number of aliphatic hydroxyl groups excluding tert-OH is 1. The second kappa shape index (κ2) is 2.12. The molecule has 0 radical (unpaired) electrons. The van der Waals surface area contributed by atoms with Crippen LogP contribution in [0.5, 0.6) is 0 Å². The van der Waals surface area contributed by atoms with E-state index in [0.29, 0.717) is 19.3 Å². The van der Waals surface area contributed by atoms with Crippen molar-refractivity contribution in [3.05, 3.63) is 0 Å². The fraction of sp³-hybridized carbons (Fsp3) is 1.00. The van der Waals surface area contributed by atoms with E-state index in [0.717, 1.165) is 12.8 Å². The van der Waals surface area contributed by atoms with Gasteiger partial charge in [0.2, 0.25) is 0 Å².